The molecule has 0 saturated heterocycles. The molecule has 0 aromatic heterocycles. The third kappa shape index (κ3) is 2.11. The first-order valence-corrected chi connectivity index (χ1v) is 6.43. The number of aromatic amines is 1. The van der Waals surface area contributed by atoms with Crippen LogP contribution in [0.2, 0.25) is 5.02 Å². The molecule has 0 radical (unpaired) electrons. The van der Waals surface area contributed by atoms with E-state index in [0.717, 1.165) is 5.56 Å². The number of halogens is 1. The van der Waals surface area contributed by atoms with Crippen LogP contribution in [-0.4, -0.2) is 25.8 Å². The third-order valence-electron chi connectivity index (χ3n) is 3.15. The molecule has 0 unspecified atom stereocenters. The van der Waals surface area contributed by atoms with Gasteiger partial charge in [-0.1, -0.05) is 11.6 Å². The topological polar surface area (TPSA) is 97.7 Å². The highest BCUT2D eigenvalue weighted by molar-refractivity contribution is 6.32. The molecule has 0 aliphatic carbocycles. The molecule has 2 aliphatic heterocycles. The summed E-state index contributed by atoms with van der Waals surface area (Å²) < 4.78 is 1.45. The average molecular weight is 305 g/mol. The van der Waals surface area contributed by atoms with E-state index in [-0.39, 0.29) is 18.1 Å². The minimum absolute atomic E-state index is 0.00525. The Morgan fingerprint density at radius 2 is 2.10 bits per heavy atom. The number of rotatable bonds is 2. The van der Waals surface area contributed by atoms with Gasteiger partial charge in [-0.05, 0) is 24.6 Å². The lowest BCUT2D eigenvalue weighted by molar-refractivity contribution is -0.108. The van der Waals surface area contributed by atoms with E-state index < -0.39 is 11.2 Å². The first kappa shape index (κ1) is 13.4. The fourth-order valence-electron chi connectivity index (χ4n) is 2.18. The summed E-state index contributed by atoms with van der Waals surface area (Å²) in [6, 6.07) is 3.35. The van der Waals surface area contributed by atoms with E-state index in [1.807, 2.05) is 0 Å². The van der Waals surface area contributed by atoms with Crippen LogP contribution in [0.3, 0.4) is 0 Å². The number of carbonyl (C=O) groups is 1. The van der Waals surface area contributed by atoms with Crippen LogP contribution in [0.25, 0.3) is 22.6 Å². The van der Waals surface area contributed by atoms with E-state index >= 15 is 0 Å². The maximum absolute atomic E-state index is 11.9. The van der Waals surface area contributed by atoms with Crippen LogP contribution in [0.4, 0.5) is 0 Å². The molecule has 1 N–H and O–H groups in total. The van der Waals surface area contributed by atoms with E-state index in [2.05, 4.69) is 15.0 Å². The first-order valence-electron chi connectivity index (χ1n) is 6.05. The fraction of sp³-hybridized carbons (Fsp3) is 0.154. The second-order valence-electron chi connectivity index (χ2n) is 4.52. The van der Waals surface area contributed by atoms with Gasteiger partial charge in [0.1, 0.15) is 6.29 Å². The van der Waals surface area contributed by atoms with Gasteiger partial charge in [0.05, 0.1) is 17.6 Å². The molecule has 0 spiro atoms. The van der Waals surface area contributed by atoms with Crippen molar-refractivity contribution in [3.05, 3.63) is 43.6 Å². The lowest BCUT2D eigenvalue weighted by atomic mass is 10.2. The van der Waals surface area contributed by atoms with Gasteiger partial charge in [0.25, 0.3) is 5.56 Å². The Morgan fingerprint density at radius 3 is 2.81 bits per heavy atom. The quantitative estimate of drug-likeness (QED) is 0.556. The minimum atomic E-state index is -0.786. The number of hydrogen-bond donors (Lipinski definition) is 1. The van der Waals surface area contributed by atoms with Gasteiger partial charge in [-0.2, -0.15) is 4.98 Å². The van der Waals surface area contributed by atoms with Crippen molar-refractivity contribution in [3.8, 4) is 11.5 Å². The predicted octanol–water partition coefficient (Wildman–Crippen LogP) is 0.745. The number of H-pyrrole nitrogens is 1. The summed E-state index contributed by atoms with van der Waals surface area (Å²) in [7, 11) is 0. The normalized spacial score (nSPS) is 11.1. The lowest BCUT2D eigenvalue weighted by Crippen LogP contribution is -2.29. The smallest absolute Gasteiger partial charge is 0.315 e. The number of fused-ring (bicyclic) bond motifs is 2. The molecular weight excluding hydrogens is 296 g/mol. The lowest BCUT2D eigenvalue weighted by Gasteiger charge is -2.15. The largest absolute Gasteiger partial charge is 0.349 e. The number of carbonyl (C=O) groups excluding carboxylic acids is 1. The molecule has 0 atom stereocenters. The van der Waals surface area contributed by atoms with Gasteiger partial charge >= 0.3 is 5.69 Å². The Labute approximate surface area is 122 Å². The average Bonchev–Trinajstić information content (AvgIpc) is 2.42. The van der Waals surface area contributed by atoms with Crippen molar-refractivity contribution in [2.75, 3.05) is 0 Å². The van der Waals surface area contributed by atoms with Crippen molar-refractivity contribution in [2.45, 2.75) is 13.5 Å². The molecule has 7 nitrogen and oxygen atoms in total. The van der Waals surface area contributed by atoms with Crippen LogP contribution >= 0.6 is 11.6 Å². The molecule has 8 heteroatoms. The van der Waals surface area contributed by atoms with E-state index in [9.17, 15) is 14.4 Å². The van der Waals surface area contributed by atoms with E-state index in [1.165, 1.54) is 4.57 Å². The number of nitrogens with one attached hydrogen (secondary N) is 1. The van der Waals surface area contributed by atoms with Gasteiger partial charge in [-0.15, -0.1) is 0 Å². The Balaban J connectivity index is 2.58. The van der Waals surface area contributed by atoms with Crippen LogP contribution < -0.4 is 11.2 Å². The molecule has 0 saturated carbocycles. The zero-order valence-electron chi connectivity index (χ0n) is 10.9. The number of aromatic nitrogens is 4. The molecule has 1 aromatic carbocycles. The number of hydrogen-bond acceptors (Lipinski definition) is 5. The molecule has 0 fully saturated rings. The zero-order valence-corrected chi connectivity index (χ0v) is 11.6. The first-order chi connectivity index (χ1) is 10.0. The molecule has 2 heterocycles. The van der Waals surface area contributed by atoms with Crippen molar-refractivity contribution in [3.63, 3.8) is 0 Å². The Morgan fingerprint density at radius 1 is 1.33 bits per heavy atom. The summed E-state index contributed by atoms with van der Waals surface area (Å²) in [5, 5.41) is 0.496. The highest BCUT2D eigenvalue weighted by Gasteiger charge is 2.18. The standard InChI is InChI=1S/C13H9ClN4O3/c1-6-4-8-9(5-7(6)14)18(2-3-19)11-10(15-8)12(20)17-13(21)16-11/h3-5H,2H2,1H3,(H,17,20,21). The minimum Gasteiger partial charge on any atom is -0.315 e. The maximum atomic E-state index is 11.9. The van der Waals surface area contributed by atoms with Gasteiger partial charge in [-0.3, -0.25) is 9.78 Å². The van der Waals surface area contributed by atoms with E-state index in [1.54, 1.807) is 19.1 Å². The Bertz CT molecular complexity index is 960. The van der Waals surface area contributed by atoms with Crippen LogP contribution in [0.1, 0.15) is 5.56 Å². The summed E-state index contributed by atoms with van der Waals surface area (Å²) in [6.45, 7) is 1.74. The molecule has 0 amide bonds. The summed E-state index contributed by atoms with van der Waals surface area (Å²) >= 11 is 6.09. The van der Waals surface area contributed by atoms with Crippen LogP contribution in [-0.2, 0) is 11.3 Å². The summed E-state index contributed by atoms with van der Waals surface area (Å²) in [5.74, 6) is 0.0586. The molecule has 106 valence electrons. The molecule has 2 aliphatic rings. The van der Waals surface area contributed by atoms with Crippen LogP contribution in [0, 0.1) is 6.92 Å². The SMILES string of the molecule is Cc1cc2nc3c(=O)[nH]c(=O)nc-3n(CC=O)c2cc1Cl. The second-order valence-corrected chi connectivity index (χ2v) is 4.93. The fourth-order valence-corrected chi connectivity index (χ4v) is 2.34. The third-order valence-corrected chi connectivity index (χ3v) is 3.55. The molecule has 0 bridgehead atoms. The maximum Gasteiger partial charge on any atom is 0.349 e. The van der Waals surface area contributed by atoms with Gasteiger partial charge in [0, 0.05) is 5.02 Å². The number of aldehydes is 1. The van der Waals surface area contributed by atoms with Crippen LogP contribution in [0.15, 0.2) is 21.7 Å². The highest BCUT2D eigenvalue weighted by atomic mass is 35.5. The monoisotopic (exact) mass is 304 g/mol. The molecular formula is C13H9ClN4O3. The zero-order chi connectivity index (χ0) is 15.1. The molecule has 1 aromatic rings. The van der Waals surface area contributed by atoms with Crippen molar-refractivity contribution >= 4 is 28.9 Å². The second kappa shape index (κ2) is 4.78. The van der Waals surface area contributed by atoms with Gasteiger partial charge < -0.3 is 9.36 Å². The van der Waals surface area contributed by atoms with Crippen molar-refractivity contribution in [1.29, 1.82) is 0 Å². The van der Waals surface area contributed by atoms with Crippen molar-refractivity contribution in [1.82, 2.24) is 19.5 Å². The summed E-state index contributed by atoms with van der Waals surface area (Å²) in [5.41, 5.74) is 0.398. The summed E-state index contributed by atoms with van der Waals surface area (Å²) in [6.07, 6.45) is 0.653. The van der Waals surface area contributed by atoms with Gasteiger partial charge in [-0.25, -0.2) is 9.78 Å². The predicted molar refractivity (Wildman–Crippen MR) is 76.9 cm³/mol. The van der Waals surface area contributed by atoms with E-state index in [0.29, 0.717) is 22.3 Å². The van der Waals surface area contributed by atoms with Crippen molar-refractivity contribution in [2.24, 2.45) is 0 Å². The molecule has 21 heavy (non-hydrogen) atoms. The Hall–Kier alpha value is -2.54. The van der Waals surface area contributed by atoms with E-state index in [4.69, 9.17) is 11.6 Å². The Kier molecular flexibility index (Phi) is 3.06. The van der Waals surface area contributed by atoms with Gasteiger partial charge in [0.15, 0.2) is 11.5 Å². The summed E-state index contributed by atoms with van der Waals surface area (Å²) in [4.78, 5) is 44.2. The molecule has 3 rings (SSSR count). The van der Waals surface area contributed by atoms with Crippen LogP contribution in [0.5, 0.6) is 0 Å². The number of aryl methyl sites for hydroxylation is 1. The number of nitrogens with zero attached hydrogens (tertiary/aromatic N) is 3. The van der Waals surface area contributed by atoms with Crippen molar-refractivity contribution < 1.29 is 4.79 Å². The van der Waals surface area contributed by atoms with Gasteiger partial charge in [0.2, 0.25) is 0 Å². The highest BCUT2D eigenvalue weighted by Crippen LogP contribution is 2.25. The number of benzene rings is 1.